The SMILES string of the molecule is Cc1cc(C)nc(N(C)CCNC(=O)O)n1. The first kappa shape index (κ1) is 12.2. The Morgan fingerprint density at radius 1 is 1.44 bits per heavy atom. The first-order valence-corrected chi connectivity index (χ1v) is 4.99. The van der Waals surface area contributed by atoms with E-state index >= 15 is 0 Å². The predicted octanol–water partition coefficient (Wildman–Crippen LogP) is 0.797. The van der Waals surface area contributed by atoms with Crippen LogP contribution < -0.4 is 10.2 Å². The van der Waals surface area contributed by atoms with Gasteiger partial charge in [-0.3, -0.25) is 0 Å². The second-order valence-electron chi connectivity index (χ2n) is 3.60. The Hall–Kier alpha value is -1.85. The number of hydrogen-bond donors (Lipinski definition) is 2. The van der Waals surface area contributed by atoms with Crippen LogP contribution in [-0.4, -0.2) is 41.3 Å². The molecule has 1 aromatic rings. The van der Waals surface area contributed by atoms with Gasteiger partial charge in [-0.25, -0.2) is 14.8 Å². The van der Waals surface area contributed by atoms with Crippen molar-refractivity contribution in [2.24, 2.45) is 0 Å². The van der Waals surface area contributed by atoms with E-state index in [4.69, 9.17) is 5.11 Å². The molecule has 0 atom stereocenters. The second kappa shape index (κ2) is 5.29. The quantitative estimate of drug-likeness (QED) is 0.790. The minimum absolute atomic E-state index is 0.349. The molecule has 1 aromatic heterocycles. The summed E-state index contributed by atoms with van der Waals surface area (Å²) in [6, 6.07) is 1.90. The summed E-state index contributed by atoms with van der Waals surface area (Å²) in [6.45, 7) is 4.69. The smallest absolute Gasteiger partial charge is 0.404 e. The van der Waals surface area contributed by atoms with Crippen molar-refractivity contribution < 1.29 is 9.90 Å². The number of likely N-dealkylation sites (N-methyl/N-ethyl adjacent to an activating group) is 1. The predicted molar refractivity (Wildman–Crippen MR) is 60.8 cm³/mol. The van der Waals surface area contributed by atoms with Gasteiger partial charge in [0.1, 0.15) is 0 Å². The molecule has 6 nitrogen and oxygen atoms in total. The molecule has 0 bridgehead atoms. The maximum Gasteiger partial charge on any atom is 0.404 e. The van der Waals surface area contributed by atoms with E-state index in [0.29, 0.717) is 19.0 Å². The zero-order valence-electron chi connectivity index (χ0n) is 9.69. The topological polar surface area (TPSA) is 78.4 Å². The van der Waals surface area contributed by atoms with E-state index in [0.717, 1.165) is 11.4 Å². The molecule has 0 unspecified atom stereocenters. The Morgan fingerprint density at radius 3 is 2.50 bits per heavy atom. The molecule has 6 heteroatoms. The van der Waals surface area contributed by atoms with E-state index in [1.165, 1.54) is 0 Å². The van der Waals surface area contributed by atoms with Crippen molar-refractivity contribution in [3.05, 3.63) is 17.5 Å². The molecule has 1 amide bonds. The third-order valence-corrected chi connectivity index (χ3v) is 2.04. The van der Waals surface area contributed by atoms with Crippen molar-refractivity contribution in [2.45, 2.75) is 13.8 Å². The van der Waals surface area contributed by atoms with Gasteiger partial charge in [-0.2, -0.15) is 0 Å². The van der Waals surface area contributed by atoms with Crippen LogP contribution in [0.1, 0.15) is 11.4 Å². The van der Waals surface area contributed by atoms with Gasteiger partial charge in [0, 0.05) is 31.5 Å². The van der Waals surface area contributed by atoms with E-state index in [1.54, 1.807) is 0 Å². The lowest BCUT2D eigenvalue weighted by molar-refractivity contribution is 0.195. The summed E-state index contributed by atoms with van der Waals surface area (Å²) >= 11 is 0. The van der Waals surface area contributed by atoms with E-state index in [2.05, 4.69) is 15.3 Å². The Bertz CT molecular complexity index is 361. The van der Waals surface area contributed by atoms with Gasteiger partial charge in [-0.15, -0.1) is 0 Å². The number of carbonyl (C=O) groups is 1. The van der Waals surface area contributed by atoms with Gasteiger partial charge in [0.2, 0.25) is 5.95 Å². The highest BCUT2D eigenvalue weighted by Crippen LogP contribution is 2.07. The number of amides is 1. The molecule has 0 aliphatic carbocycles. The summed E-state index contributed by atoms with van der Waals surface area (Å²) < 4.78 is 0. The standard InChI is InChI=1S/C10H16N4O2/c1-7-6-8(2)13-9(12-7)14(3)5-4-11-10(15)16/h6,11H,4-5H2,1-3H3,(H,15,16). The van der Waals surface area contributed by atoms with Gasteiger partial charge in [0.15, 0.2) is 0 Å². The molecule has 0 aromatic carbocycles. The maximum absolute atomic E-state index is 10.3. The maximum atomic E-state index is 10.3. The minimum atomic E-state index is -1.02. The molecule has 2 N–H and O–H groups in total. The van der Waals surface area contributed by atoms with Gasteiger partial charge in [0.25, 0.3) is 0 Å². The number of anilines is 1. The third-order valence-electron chi connectivity index (χ3n) is 2.04. The molecule has 0 spiro atoms. The van der Waals surface area contributed by atoms with Crippen LogP contribution in [0.5, 0.6) is 0 Å². The molecule has 0 radical (unpaired) electrons. The molecular formula is C10H16N4O2. The molecule has 0 aliphatic heterocycles. The minimum Gasteiger partial charge on any atom is -0.465 e. The van der Waals surface area contributed by atoms with Gasteiger partial charge in [0.05, 0.1) is 0 Å². The van der Waals surface area contributed by atoms with Crippen molar-refractivity contribution in [3.8, 4) is 0 Å². The van der Waals surface area contributed by atoms with Gasteiger partial charge in [-0.05, 0) is 19.9 Å². The lowest BCUT2D eigenvalue weighted by Gasteiger charge is -2.17. The zero-order chi connectivity index (χ0) is 12.1. The van der Waals surface area contributed by atoms with E-state index in [1.807, 2.05) is 31.9 Å². The lowest BCUT2D eigenvalue weighted by Crippen LogP contribution is -2.32. The highest BCUT2D eigenvalue weighted by Gasteiger charge is 2.05. The van der Waals surface area contributed by atoms with Crippen LogP contribution in [0.3, 0.4) is 0 Å². The summed E-state index contributed by atoms with van der Waals surface area (Å²) in [5.41, 5.74) is 1.81. The number of rotatable bonds is 4. The Labute approximate surface area is 94.3 Å². The van der Waals surface area contributed by atoms with Gasteiger partial charge < -0.3 is 15.3 Å². The van der Waals surface area contributed by atoms with Gasteiger partial charge in [-0.1, -0.05) is 0 Å². The summed E-state index contributed by atoms with van der Waals surface area (Å²) in [5, 5.41) is 10.7. The van der Waals surface area contributed by atoms with Crippen LogP contribution in [0.4, 0.5) is 10.7 Å². The first-order chi connectivity index (χ1) is 7.49. The monoisotopic (exact) mass is 224 g/mol. The summed E-state index contributed by atoms with van der Waals surface area (Å²) in [7, 11) is 1.83. The highest BCUT2D eigenvalue weighted by atomic mass is 16.4. The van der Waals surface area contributed by atoms with Crippen LogP contribution in [0.2, 0.25) is 0 Å². The fourth-order valence-electron chi connectivity index (χ4n) is 1.31. The van der Waals surface area contributed by atoms with Crippen LogP contribution in [0.15, 0.2) is 6.07 Å². The molecule has 88 valence electrons. The van der Waals surface area contributed by atoms with Crippen LogP contribution in [0.25, 0.3) is 0 Å². The Morgan fingerprint density at radius 2 is 2.00 bits per heavy atom. The normalized spacial score (nSPS) is 9.94. The number of nitrogens with zero attached hydrogens (tertiary/aromatic N) is 3. The van der Waals surface area contributed by atoms with Crippen LogP contribution in [-0.2, 0) is 0 Å². The van der Waals surface area contributed by atoms with E-state index in [-0.39, 0.29) is 0 Å². The number of nitrogens with one attached hydrogen (secondary N) is 1. The van der Waals surface area contributed by atoms with Gasteiger partial charge >= 0.3 is 6.09 Å². The summed E-state index contributed by atoms with van der Waals surface area (Å²) in [6.07, 6.45) is -1.02. The molecule has 0 aliphatic rings. The van der Waals surface area contributed by atoms with Crippen LogP contribution in [0, 0.1) is 13.8 Å². The zero-order valence-corrected chi connectivity index (χ0v) is 9.69. The Kier molecular flexibility index (Phi) is 4.04. The molecule has 16 heavy (non-hydrogen) atoms. The molecule has 1 heterocycles. The highest BCUT2D eigenvalue weighted by molar-refractivity contribution is 5.64. The fraction of sp³-hybridized carbons (Fsp3) is 0.500. The van der Waals surface area contributed by atoms with Crippen LogP contribution >= 0.6 is 0 Å². The van der Waals surface area contributed by atoms with E-state index < -0.39 is 6.09 Å². The number of aryl methyl sites for hydroxylation is 2. The second-order valence-corrected chi connectivity index (χ2v) is 3.60. The van der Waals surface area contributed by atoms with Crippen molar-refractivity contribution in [1.82, 2.24) is 15.3 Å². The first-order valence-electron chi connectivity index (χ1n) is 4.99. The average Bonchev–Trinajstić information content (AvgIpc) is 2.15. The van der Waals surface area contributed by atoms with Crippen molar-refractivity contribution in [2.75, 3.05) is 25.0 Å². The summed E-state index contributed by atoms with van der Waals surface area (Å²) in [4.78, 5) is 20.6. The number of hydrogen-bond acceptors (Lipinski definition) is 4. The average molecular weight is 224 g/mol. The van der Waals surface area contributed by atoms with Crippen molar-refractivity contribution in [3.63, 3.8) is 0 Å². The van der Waals surface area contributed by atoms with Crippen molar-refractivity contribution >= 4 is 12.0 Å². The molecule has 1 rings (SSSR count). The molecule has 0 saturated carbocycles. The lowest BCUT2D eigenvalue weighted by atomic mass is 10.3. The number of carboxylic acid groups (broad SMARTS) is 1. The molecule has 0 saturated heterocycles. The molecule has 0 fully saturated rings. The largest absolute Gasteiger partial charge is 0.465 e. The fourth-order valence-corrected chi connectivity index (χ4v) is 1.31. The Balaban J connectivity index is 2.58. The van der Waals surface area contributed by atoms with E-state index in [9.17, 15) is 4.79 Å². The number of aromatic nitrogens is 2. The van der Waals surface area contributed by atoms with Crippen molar-refractivity contribution in [1.29, 1.82) is 0 Å². The summed E-state index contributed by atoms with van der Waals surface area (Å²) in [5.74, 6) is 0.615. The third kappa shape index (κ3) is 3.72. The molecular weight excluding hydrogens is 208 g/mol.